The van der Waals surface area contributed by atoms with Gasteiger partial charge in [-0.15, -0.1) is 12.6 Å². The first kappa shape index (κ1) is 12.4. The molecule has 0 unspecified atom stereocenters. The number of allylic oxidation sites excluding steroid dienone is 3. The zero-order chi connectivity index (χ0) is 10.4. The normalized spacial score (nSPS) is 14.0. The number of thiol groups is 1. The number of nitrogens with two attached hydrogens (primary N) is 1. The lowest BCUT2D eigenvalue weighted by atomic mass is 10.0. The number of unbranched alkanes of at least 4 members (excludes halogenated alkanes) is 1. The molecule has 0 spiro atoms. The van der Waals surface area contributed by atoms with Gasteiger partial charge in [-0.1, -0.05) is 26.0 Å². The summed E-state index contributed by atoms with van der Waals surface area (Å²) in [4.78, 5) is 0.994. The van der Waals surface area contributed by atoms with Crippen molar-refractivity contribution in [2.24, 2.45) is 5.73 Å². The lowest BCUT2D eigenvalue weighted by molar-refractivity contribution is 0.949. The summed E-state index contributed by atoms with van der Waals surface area (Å²) in [6.45, 7) is 9.87. The Bertz CT molecular complexity index is 245. The van der Waals surface area contributed by atoms with Crippen LogP contribution in [0.2, 0.25) is 0 Å². The van der Waals surface area contributed by atoms with Gasteiger partial charge >= 0.3 is 0 Å². The molecule has 74 valence electrons. The highest BCUT2D eigenvalue weighted by atomic mass is 32.1. The van der Waals surface area contributed by atoms with Gasteiger partial charge in [-0.2, -0.15) is 0 Å². The molecule has 0 saturated carbocycles. The Kier molecular flexibility index (Phi) is 5.63. The molecular weight excluding hydrogens is 178 g/mol. The van der Waals surface area contributed by atoms with Crippen LogP contribution in [0.15, 0.2) is 34.4 Å². The molecule has 0 atom stereocenters. The number of hydrogen-bond donors (Lipinski definition) is 2. The fraction of sp³-hybridized carbons (Fsp3) is 0.455. The second-order valence-electron chi connectivity index (χ2n) is 3.14. The molecule has 0 aromatic heterocycles. The van der Waals surface area contributed by atoms with E-state index in [1.165, 1.54) is 0 Å². The second-order valence-corrected chi connectivity index (χ2v) is 3.81. The minimum Gasteiger partial charge on any atom is -0.399 e. The van der Waals surface area contributed by atoms with Crippen molar-refractivity contribution in [1.29, 1.82) is 0 Å². The molecule has 0 aromatic rings. The molecule has 13 heavy (non-hydrogen) atoms. The van der Waals surface area contributed by atoms with Crippen LogP contribution in [0.4, 0.5) is 0 Å². The Morgan fingerprint density at radius 1 is 1.46 bits per heavy atom. The highest BCUT2D eigenvalue weighted by molar-refractivity contribution is 7.84. The van der Waals surface area contributed by atoms with Crippen LogP contribution in [-0.2, 0) is 0 Å². The van der Waals surface area contributed by atoms with Gasteiger partial charge in [-0.25, -0.2) is 0 Å². The fourth-order valence-corrected chi connectivity index (χ4v) is 1.13. The van der Waals surface area contributed by atoms with Gasteiger partial charge in [0.25, 0.3) is 0 Å². The minimum absolute atomic E-state index is 0.624. The summed E-state index contributed by atoms with van der Waals surface area (Å²) >= 11 is 4.29. The Morgan fingerprint density at radius 3 is 2.31 bits per heavy atom. The third-order valence-electron chi connectivity index (χ3n) is 1.93. The highest BCUT2D eigenvalue weighted by Gasteiger charge is 2.02. The summed E-state index contributed by atoms with van der Waals surface area (Å²) in [5, 5.41) is 0. The van der Waals surface area contributed by atoms with Crippen molar-refractivity contribution < 1.29 is 0 Å². The Labute approximate surface area is 86.8 Å². The Balaban J connectivity index is 4.83. The second kappa shape index (κ2) is 5.92. The monoisotopic (exact) mass is 197 g/mol. The molecule has 0 aliphatic heterocycles. The molecular formula is C11H19NS. The van der Waals surface area contributed by atoms with Crippen LogP contribution < -0.4 is 5.73 Å². The predicted molar refractivity (Wildman–Crippen MR) is 63.7 cm³/mol. The van der Waals surface area contributed by atoms with Gasteiger partial charge in [-0.3, -0.25) is 0 Å². The maximum atomic E-state index is 5.69. The van der Waals surface area contributed by atoms with Gasteiger partial charge in [0.1, 0.15) is 0 Å². The molecule has 0 rings (SSSR count). The van der Waals surface area contributed by atoms with E-state index in [-0.39, 0.29) is 0 Å². The zero-order valence-electron chi connectivity index (χ0n) is 8.72. The smallest absolute Gasteiger partial charge is 0.0314 e. The van der Waals surface area contributed by atoms with E-state index >= 15 is 0 Å². The van der Waals surface area contributed by atoms with E-state index in [1.807, 2.05) is 13.8 Å². The first-order valence-corrected chi connectivity index (χ1v) is 4.97. The van der Waals surface area contributed by atoms with Crippen LogP contribution in [0.3, 0.4) is 0 Å². The summed E-state index contributed by atoms with van der Waals surface area (Å²) in [6.07, 6.45) is 4.27. The van der Waals surface area contributed by atoms with Gasteiger partial charge in [0.05, 0.1) is 0 Å². The maximum Gasteiger partial charge on any atom is 0.0314 e. The summed E-state index contributed by atoms with van der Waals surface area (Å²) < 4.78 is 0. The van der Waals surface area contributed by atoms with Crippen LogP contribution >= 0.6 is 12.6 Å². The molecule has 0 radical (unpaired) electrons. The average Bonchev–Trinajstić information content (AvgIpc) is 2.04. The van der Waals surface area contributed by atoms with Gasteiger partial charge in [-0.05, 0) is 36.3 Å². The van der Waals surface area contributed by atoms with E-state index < -0.39 is 0 Å². The molecule has 0 fully saturated rings. The van der Waals surface area contributed by atoms with Gasteiger partial charge < -0.3 is 5.73 Å². The molecule has 0 amide bonds. The predicted octanol–water partition coefficient (Wildman–Crippen LogP) is 3.41. The van der Waals surface area contributed by atoms with Crippen molar-refractivity contribution in [3.8, 4) is 0 Å². The fourth-order valence-electron chi connectivity index (χ4n) is 1.01. The van der Waals surface area contributed by atoms with E-state index in [2.05, 4.69) is 32.2 Å². The molecule has 1 nitrogen and oxygen atoms in total. The standard InChI is InChI=1S/C11H19NS/c1-5-6-7-11(9(3)12)8(2)10(4)13/h7,13H,3,5-6,12H2,1-2,4H3/b10-8-,11-7-. The van der Waals surface area contributed by atoms with Crippen molar-refractivity contribution in [3.63, 3.8) is 0 Å². The molecule has 2 N–H and O–H groups in total. The summed E-state index contributed by atoms with van der Waals surface area (Å²) in [5.41, 5.74) is 8.46. The first-order valence-electron chi connectivity index (χ1n) is 4.52. The highest BCUT2D eigenvalue weighted by Crippen LogP contribution is 2.20. The van der Waals surface area contributed by atoms with Crippen molar-refractivity contribution in [3.05, 3.63) is 34.4 Å². The number of hydrogen-bond acceptors (Lipinski definition) is 2. The quantitative estimate of drug-likeness (QED) is 0.524. The van der Waals surface area contributed by atoms with Crippen LogP contribution in [0.1, 0.15) is 33.6 Å². The van der Waals surface area contributed by atoms with Crippen LogP contribution in [0.25, 0.3) is 0 Å². The maximum absolute atomic E-state index is 5.69. The lowest BCUT2D eigenvalue weighted by Crippen LogP contribution is -2.01. The topological polar surface area (TPSA) is 26.0 Å². The molecule has 0 heterocycles. The van der Waals surface area contributed by atoms with Crippen LogP contribution in [0, 0.1) is 0 Å². The third kappa shape index (κ3) is 4.23. The molecule has 2 heteroatoms. The summed E-state index contributed by atoms with van der Waals surface area (Å²) in [5.74, 6) is 0. The van der Waals surface area contributed by atoms with E-state index in [0.29, 0.717) is 5.70 Å². The first-order chi connectivity index (χ1) is 6.00. The SMILES string of the molecule is C=C(N)C(=C\CCC)/C(C)=C(/C)S. The minimum atomic E-state index is 0.624. The molecule has 0 aliphatic rings. The largest absolute Gasteiger partial charge is 0.399 e. The Hall–Kier alpha value is -0.630. The van der Waals surface area contributed by atoms with E-state index in [9.17, 15) is 0 Å². The average molecular weight is 197 g/mol. The van der Waals surface area contributed by atoms with Crippen molar-refractivity contribution >= 4 is 12.6 Å². The molecule has 0 aliphatic carbocycles. The van der Waals surface area contributed by atoms with Crippen LogP contribution in [0.5, 0.6) is 0 Å². The third-order valence-corrected chi connectivity index (χ3v) is 2.27. The molecule has 0 aromatic carbocycles. The van der Waals surface area contributed by atoms with Gasteiger partial charge in [0.15, 0.2) is 0 Å². The molecule has 0 saturated heterocycles. The summed E-state index contributed by atoms with van der Waals surface area (Å²) in [6, 6.07) is 0. The van der Waals surface area contributed by atoms with E-state index in [1.54, 1.807) is 0 Å². The number of rotatable bonds is 4. The van der Waals surface area contributed by atoms with Gasteiger partial charge in [0, 0.05) is 5.70 Å². The lowest BCUT2D eigenvalue weighted by Gasteiger charge is -2.08. The van der Waals surface area contributed by atoms with Crippen LogP contribution in [-0.4, -0.2) is 0 Å². The van der Waals surface area contributed by atoms with Crippen molar-refractivity contribution in [2.75, 3.05) is 0 Å². The summed E-state index contributed by atoms with van der Waals surface area (Å²) in [7, 11) is 0. The van der Waals surface area contributed by atoms with E-state index in [0.717, 1.165) is 28.9 Å². The zero-order valence-corrected chi connectivity index (χ0v) is 9.62. The molecule has 0 bridgehead atoms. The van der Waals surface area contributed by atoms with E-state index in [4.69, 9.17) is 5.73 Å². The van der Waals surface area contributed by atoms with Gasteiger partial charge in [0.2, 0.25) is 0 Å². The Morgan fingerprint density at radius 2 is 2.00 bits per heavy atom. The van der Waals surface area contributed by atoms with Crippen molar-refractivity contribution in [1.82, 2.24) is 0 Å². The van der Waals surface area contributed by atoms with Crippen molar-refractivity contribution in [2.45, 2.75) is 33.6 Å².